The number of hydrogen-bond acceptors (Lipinski definition) is 1. The molecule has 1 unspecified atom stereocenters. The molecule has 0 bridgehead atoms. The van der Waals surface area contributed by atoms with Gasteiger partial charge in [0, 0.05) is 12.1 Å². The van der Waals surface area contributed by atoms with Crippen LogP contribution >= 0.6 is 0 Å². The Hall–Kier alpha value is -0.820. The highest BCUT2D eigenvalue weighted by atomic mass is 14.9. The van der Waals surface area contributed by atoms with Crippen LogP contribution in [-0.2, 0) is 0 Å². The van der Waals surface area contributed by atoms with Crippen LogP contribution < -0.4 is 5.32 Å². The topological polar surface area (TPSA) is 12.0 Å². The van der Waals surface area contributed by atoms with E-state index in [0.29, 0.717) is 12.1 Å². The molecule has 16 heavy (non-hydrogen) atoms. The van der Waals surface area contributed by atoms with E-state index in [0.717, 1.165) is 0 Å². The Morgan fingerprint density at radius 1 is 1.19 bits per heavy atom. The van der Waals surface area contributed by atoms with Gasteiger partial charge in [0.1, 0.15) is 0 Å². The van der Waals surface area contributed by atoms with E-state index in [9.17, 15) is 0 Å². The summed E-state index contributed by atoms with van der Waals surface area (Å²) in [6, 6.07) is 9.69. The zero-order chi connectivity index (χ0) is 12.0. The minimum absolute atomic E-state index is 0.452. The number of benzene rings is 1. The lowest BCUT2D eigenvalue weighted by Gasteiger charge is -2.21. The van der Waals surface area contributed by atoms with Crippen LogP contribution in [0.5, 0.6) is 0 Å². The highest BCUT2D eigenvalue weighted by Gasteiger charge is 2.10. The van der Waals surface area contributed by atoms with E-state index < -0.39 is 0 Å². The highest BCUT2D eigenvalue weighted by molar-refractivity contribution is 5.28. The summed E-state index contributed by atoms with van der Waals surface area (Å²) in [4.78, 5) is 0. The number of unbranched alkanes of at least 4 members (excludes halogenated alkanes) is 1. The van der Waals surface area contributed by atoms with Crippen molar-refractivity contribution in [2.24, 2.45) is 0 Å². The molecular formula is C15H25N. The maximum absolute atomic E-state index is 3.67. The van der Waals surface area contributed by atoms with Crippen molar-refractivity contribution in [3.63, 3.8) is 0 Å². The van der Waals surface area contributed by atoms with Gasteiger partial charge in [-0.15, -0.1) is 0 Å². The molecule has 0 saturated carbocycles. The molecule has 0 aliphatic rings. The van der Waals surface area contributed by atoms with E-state index in [4.69, 9.17) is 0 Å². The molecule has 0 aliphatic carbocycles. The van der Waals surface area contributed by atoms with Crippen molar-refractivity contribution in [3.05, 3.63) is 35.4 Å². The molecule has 1 nitrogen and oxygen atoms in total. The summed E-state index contributed by atoms with van der Waals surface area (Å²) in [5.74, 6) is 0. The predicted molar refractivity (Wildman–Crippen MR) is 71.7 cm³/mol. The van der Waals surface area contributed by atoms with Crippen molar-refractivity contribution in [2.45, 2.75) is 59.0 Å². The zero-order valence-electron chi connectivity index (χ0n) is 11.1. The van der Waals surface area contributed by atoms with Gasteiger partial charge in [0.05, 0.1) is 0 Å². The highest BCUT2D eigenvalue weighted by Crippen LogP contribution is 2.17. The smallest absolute Gasteiger partial charge is 0.0296 e. The third kappa shape index (κ3) is 3.97. The van der Waals surface area contributed by atoms with Crippen LogP contribution in [0.2, 0.25) is 0 Å². The minimum atomic E-state index is 0.452. The van der Waals surface area contributed by atoms with Crippen LogP contribution in [0.4, 0.5) is 0 Å². The number of aryl methyl sites for hydroxylation is 1. The Labute approximate surface area is 100 Å². The molecule has 0 saturated heterocycles. The molecule has 0 fully saturated rings. The molecule has 1 aromatic carbocycles. The van der Waals surface area contributed by atoms with Crippen molar-refractivity contribution in [1.82, 2.24) is 5.32 Å². The summed E-state index contributed by atoms with van der Waals surface area (Å²) in [7, 11) is 0. The molecule has 1 aromatic rings. The maximum atomic E-state index is 3.67. The fourth-order valence-electron chi connectivity index (χ4n) is 2.18. The Morgan fingerprint density at radius 3 is 2.50 bits per heavy atom. The van der Waals surface area contributed by atoms with Gasteiger partial charge in [0.2, 0.25) is 0 Å². The second kappa shape index (κ2) is 6.70. The van der Waals surface area contributed by atoms with E-state index in [1.807, 2.05) is 0 Å². The Balaban J connectivity index is 2.52. The molecule has 0 heterocycles. The molecule has 0 spiro atoms. The van der Waals surface area contributed by atoms with E-state index in [2.05, 4.69) is 57.3 Å². The number of rotatable bonds is 6. The van der Waals surface area contributed by atoms with Gasteiger partial charge in [-0.1, -0.05) is 44.0 Å². The van der Waals surface area contributed by atoms with Crippen LogP contribution in [0.15, 0.2) is 24.3 Å². The Morgan fingerprint density at radius 2 is 1.88 bits per heavy atom. The zero-order valence-corrected chi connectivity index (χ0v) is 11.1. The van der Waals surface area contributed by atoms with E-state index in [-0.39, 0.29) is 0 Å². The van der Waals surface area contributed by atoms with E-state index >= 15 is 0 Å². The quantitative estimate of drug-likeness (QED) is 0.755. The van der Waals surface area contributed by atoms with Gasteiger partial charge in [-0.25, -0.2) is 0 Å². The molecule has 1 heteroatoms. The lowest BCUT2D eigenvalue weighted by Crippen LogP contribution is -2.29. The van der Waals surface area contributed by atoms with Crippen molar-refractivity contribution in [2.75, 3.05) is 0 Å². The first kappa shape index (κ1) is 13.2. The summed E-state index contributed by atoms with van der Waals surface area (Å²) in [6.07, 6.45) is 3.87. The molecule has 1 rings (SSSR count). The lowest BCUT2D eigenvalue weighted by atomic mass is 10.0. The molecule has 90 valence electrons. The molecule has 1 N–H and O–H groups in total. The van der Waals surface area contributed by atoms with Crippen LogP contribution in [0.1, 0.15) is 57.2 Å². The van der Waals surface area contributed by atoms with Gasteiger partial charge in [-0.3, -0.25) is 0 Å². The molecule has 0 aliphatic heterocycles. The SMILES string of the molecule is CCCCC(C)N[C@@H](C)c1ccccc1C. The standard InChI is InChI=1S/C15H25N/c1-5-6-10-13(3)16-14(4)15-11-8-7-9-12(15)2/h7-9,11,13-14,16H,5-6,10H2,1-4H3/t13?,14-/m0/s1. The number of hydrogen-bond donors (Lipinski definition) is 1. The monoisotopic (exact) mass is 219 g/mol. The first-order chi connectivity index (χ1) is 7.65. The fourth-order valence-corrected chi connectivity index (χ4v) is 2.18. The van der Waals surface area contributed by atoms with E-state index in [1.54, 1.807) is 0 Å². The second-order valence-corrected chi connectivity index (χ2v) is 4.79. The summed E-state index contributed by atoms with van der Waals surface area (Å²) in [5, 5.41) is 3.67. The summed E-state index contributed by atoms with van der Waals surface area (Å²) >= 11 is 0. The van der Waals surface area contributed by atoms with E-state index in [1.165, 1.54) is 30.4 Å². The van der Waals surface area contributed by atoms with Crippen molar-refractivity contribution in [3.8, 4) is 0 Å². The van der Waals surface area contributed by atoms with Gasteiger partial charge in [-0.05, 0) is 38.3 Å². The van der Waals surface area contributed by atoms with Crippen LogP contribution in [0.3, 0.4) is 0 Å². The minimum Gasteiger partial charge on any atom is -0.308 e. The molecule has 0 radical (unpaired) electrons. The largest absolute Gasteiger partial charge is 0.308 e. The van der Waals surface area contributed by atoms with Gasteiger partial charge in [0.25, 0.3) is 0 Å². The summed E-state index contributed by atoms with van der Waals surface area (Å²) in [5.41, 5.74) is 2.80. The summed E-state index contributed by atoms with van der Waals surface area (Å²) < 4.78 is 0. The maximum Gasteiger partial charge on any atom is 0.0296 e. The van der Waals surface area contributed by atoms with Gasteiger partial charge in [0.15, 0.2) is 0 Å². The Kier molecular flexibility index (Phi) is 5.54. The fraction of sp³-hybridized carbons (Fsp3) is 0.600. The second-order valence-electron chi connectivity index (χ2n) is 4.79. The average Bonchev–Trinajstić information content (AvgIpc) is 2.26. The lowest BCUT2D eigenvalue weighted by molar-refractivity contribution is 0.443. The van der Waals surface area contributed by atoms with Crippen LogP contribution in [0, 0.1) is 6.92 Å². The number of nitrogens with one attached hydrogen (secondary N) is 1. The third-order valence-corrected chi connectivity index (χ3v) is 3.18. The molecule has 2 atom stereocenters. The third-order valence-electron chi connectivity index (χ3n) is 3.18. The molecular weight excluding hydrogens is 194 g/mol. The Bertz CT molecular complexity index is 306. The van der Waals surface area contributed by atoms with Gasteiger partial charge >= 0.3 is 0 Å². The van der Waals surface area contributed by atoms with Crippen LogP contribution in [-0.4, -0.2) is 6.04 Å². The van der Waals surface area contributed by atoms with Gasteiger partial charge in [-0.2, -0.15) is 0 Å². The first-order valence-corrected chi connectivity index (χ1v) is 6.46. The van der Waals surface area contributed by atoms with Crippen LogP contribution in [0.25, 0.3) is 0 Å². The first-order valence-electron chi connectivity index (χ1n) is 6.46. The average molecular weight is 219 g/mol. The van der Waals surface area contributed by atoms with Crippen molar-refractivity contribution >= 4 is 0 Å². The predicted octanol–water partition coefficient (Wildman–Crippen LogP) is 4.22. The van der Waals surface area contributed by atoms with Gasteiger partial charge < -0.3 is 5.32 Å². The molecule has 0 amide bonds. The molecule has 0 aromatic heterocycles. The summed E-state index contributed by atoms with van der Waals surface area (Å²) in [6.45, 7) is 8.97. The van der Waals surface area contributed by atoms with Crippen molar-refractivity contribution < 1.29 is 0 Å². The van der Waals surface area contributed by atoms with Crippen molar-refractivity contribution in [1.29, 1.82) is 0 Å². The normalized spacial score (nSPS) is 14.8.